The maximum absolute atomic E-state index is 11.3. The molecule has 1 aliphatic heterocycles. The first-order chi connectivity index (χ1) is 11.7. The van der Waals surface area contributed by atoms with Gasteiger partial charge in [-0.2, -0.15) is 5.26 Å². The Hall–Kier alpha value is -2.25. The number of carbonyl (C=O) groups excluding carboxylic acids is 1. The van der Waals surface area contributed by atoms with Crippen LogP contribution in [0, 0.1) is 11.3 Å². The second-order valence-electron chi connectivity index (χ2n) is 6.03. The molecule has 1 aliphatic carbocycles. The highest BCUT2D eigenvalue weighted by Gasteiger charge is 2.30. The van der Waals surface area contributed by atoms with Crippen molar-refractivity contribution >= 4 is 23.6 Å². The Morgan fingerprint density at radius 2 is 2.12 bits per heavy atom. The molecule has 1 aromatic carbocycles. The van der Waals surface area contributed by atoms with E-state index in [0.29, 0.717) is 5.75 Å². The zero-order chi connectivity index (χ0) is 16.9. The molecule has 0 radical (unpaired) electrons. The molecule has 4 heteroatoms. The monoisotopic (exact) mass is 336 g/mol. The van der Waals surface area contributed by atoms with Crippen LogP contribution < -0.4 is 5.32 Å². The van der Waals surface area contributed by atoms with Gasteiger partial charge in [0.2, 0.25) is 0 Å². The standard InChI is InChI=1S/C20H20N2OS/c1-14(23)13-24-20-18(12-21)16(17-8-5-9-19(17)22-20)11-10-15-6-3-2-4-7-15/h2-4,6-7,10-11,20,22H,5,8-9,13H2,1H3/b11-10+. The van der Waals surface area contributed by atoms with Crippen LogP contribution in [0.5, 0.6) is 0 Å². The van der Waals surface area contributed by atoms with Gasteiger partial charge in [-0.3, -0.25) is 4.79 Å². The van der Waals surface area contributed by atoms with Gasteiger partial charge in [-0.25, -0.2) is 0 Å². The number of hydrogen-bond acceptors (Lipinski definition) is 4. The average molecular weight is 336 g/mol. The quantitative estimate of drug-likeness (QED) is 0.875. The largest absolute Gasteiger partial charge is 0.372 e. The minimum absolute atomic E-state index is 0.131. The lowest BCUT2D eigenvalue weighted by molar-refractivity contribution is -0.114. The van der Waals surface area contributed by atoms with E-state index in [1.54, 1.807) is 6.92 Å². The second kappa shape index (κ2) is 7.55. The molecule has 2 aliphatic rings. The lowest BCUT2D eigenvalue weighted by atomic mass is 9.95. The zero-order valence-electron chi connectivity index (χ0n) is 13.7. The average Bonchev–Trinajstić information content (AvgIpc) is 3.06. The van der Waals surface area contributed by atoms with Crippen molar-refractivity contribution in [1.82, 2.24) is 5.32 Å². The van der Waals surface area contributed by atoms with E-state index in [1.807, 2.05) is 18.2 Å². The first-order valence-electron chi connectivity index (χ1n) is 8.16. The summed E-state index contributed by atoms with van der Waals surface area (Å²) < 4.78 is 0. The van der Waals surface area contributed by atoms with Gasteiger partial charge >= 0.3 is 0 Å². The summed E-state index contributed by atoms with van der Waals surface area (Å²) in [5.74, 6) is 0.549. The number of Topliss-reactive ketones (excluding diaryl/α,β-unsaturated/α-hetero) is 1. The van der Waals surface area contributed by atoms with Gasteiger partial charge in [-0.1, -0.05) is 42.5 Å². The van der Waals surface area contributed by atoms with Gasteiger partial charge in [0.25, 0.3) is 0 Å². The number of ketones is 1. The van der Waals surface area contributed by atoms with Gasteiger partial charge in [0.1, 0.15) is 11.2 Å². The number of dihydropyridines is 1. The Morgan fingerprint density at radius 1 is 1.33 bits per heavy atom. The predicted octanol–water partition coefficient (Wildman–Crippen LogP) is 4.21. The Morgan fingerprint density at radius 3 is 2.83 bits per heavy atom. The third-order valence-corrected chi connectivity index (χ3v) is 5.48. The third-order valence-electron chi connectivity index (χ3n) is 4.22. The minimum Gasteiger partial charge on any atom is -0.372 e. The van der Waals surface area contributed by atoms with Crippen LogP contribution in [0.2, 0.25) is 0 Å². The summed E-state index contributed by atoms with van der Waals surface area (Å²) in [6, 6.07) is 12.5. The van der Waals surface area contributed by atoms with Crippen LogP contribution in [-0.2, 0) is 4.79 Å². The van der Waals surface area contributed by atoms with Crippen LogP contribution in [0.1, 0.15) is 31.7 Å². The summed E-state index contributed by atoms with van der Waals surface area (Å²) in [6.45, 7) is 1.59. The molecule has 3 nitrogen and oxygen atoms in total. The van der Waals surface area contributed by atoms with Crippen molar-refractivity contribution < 1.29 is 4.79 Å². The summed E-state index contributed by atoms with van der Waals surface area (Å²) in [5, 5.41) is 13.1. The Bertz CT molecular complexity index is 769. The number of rotatable bonds is 5. The number of nitrogens with zero attached hydrogens (tertiary/aromatic N) is 1. The Labute approximate surface area is 147 Å². The van der Waals surface area contributed by atoms with E-state index in [0.717, 1.165) is 36.0 Å². The highest BCUT2D eigenvalue weighted by atomic mass is 32.2. The zero-order valence-corrected chi connectivity index (χ0v) is 14.5. The van der Waals surface area contributed by atoms with Crippen molar-refractivity contribution in [3.8, 4) is 6.07 Å². The summed E-state index contributed by atoms with van der Waals surface area (Å²) in [6.07, 6.45) is 7.27. The fraction of sp³-hybridized carbons (Fsp3) is 0.300. The molecule has 0 saturated heterocycles. The Balaban J connectivity index is 1.94. The number of thioether (sulfide) groups is 1. The topological polar surface area (TPSA) is 52.9 Å². The normalized spacial score (nSPS) is 20.1. The molecule has 0 aromatic heterocycles. The van der Waals surface area contributed by atoms with Crippen LogP contribution in [0.3, 0.4) is 0 Å². The molecule has 24 heavy (non-hydrogen) atoms. The number of benzene rings is 1. The van der Waals surface area contributed by atoms with Crippen molar-refractivity contribution in [2.75, 3.05) is 5.75 Å². The van der Waals surface area contributed by atoms with E-state index in [9.17, 15) is 10.1 Å². The van der Waals surface area contributed by atoms with Crippen molar-refractivity contribution in [2.24, 2.45) is 0 Å². The van der Waals surface area contributed by atoms with Crippen molar-refractivity contribution in [3.63, 3.8) is 0 Å². The van der Waals surface area contributed by atoms with E-state index in [-0.39, 0.29) is 11.2 Å². The van der Waals surface area contributed by atoms with E-state index < -0.39 is 0 Å². The van der Waals surface area contributed by atoms with E-state index >= 15 is 0 Å². The predicted molar refractivity (Wildman–Crippen MR) is 99.1 cm³/mol. The molecule has 1 aromatic rings. The van der Waals surface area contributed by atoms with Crippen LogP contribution in [0.15, 0.2) is 58.8 Å². The smallest absolute Gasteiger partial charge is 0.139 e. The van der Waals surface area contributed by atoms with Gasteiger partial charge in [-0.05, 0) is 42.9 Å². The SMILES string of the molecule is CC(=O)CSC1NC2=C(CCC2)C(/C=C/c2ccccc2)=C1C#N. The molecule has 0 spiro atoms. The van der Waals surface area contributed by atoms with E-state index in [2.05, 4.69) is 35.7 Å². The molecular weight excluding hydrogens is 316 g/mol. The summed E-state index contributed by atoms with van der Waals surface area (Å²) in [5.41, 5.74) is 5.39. The lowest BCUT2D eigenvalue weighted by Crippen LogP contribution is -2.32. The number of nitrogens with one attached hydrogen (secondary N) is 1. The lowest BCUT2D eigenvalue weighted by Gasteiger charge is -2.27. The maximum Gasteiger partial charge on any atom is 0.139 e. The molecule has 1 N–H and O–H groups in total. The molecule has 3 rings (SSSR count). The number of carbonyl (C=O) groups is 1. The van der Waals surface area contributed by atoms with Gasteiger partial charge < -0.3 is 5.32 Å². The third kappa shape index (κ3) is 3.63. The van der Waals surface area contributed by atoms with Crippen LogP contribution in [0.25, 0.3) is 6.08 Å². The van der Waals surface area contributed by atoms with Gasteiger partial charge in [0, 0.05) is 5.70 Å². The minimum atomic E-state index is -0.133. The van der Waals surface area contributed by atoms with Gasteiger partial charge in [-0.15, -0.1) is 11.8 Å². The fourth-order valence-corrected chi connectivity index (χ4v) is 4.09. The van der Waals surface area contributed by atoms with Crippen LogP contribution in [-0.4, -0.2) is 16.9 Å². The number of hydrogen-bond donors (Lipinski definition) is 1. The van der Waals surface area contributed by atoms with Crippen LogP contribution >= 0.6 is 11.8 Å². The maximum atomic E-state index is 11.3. The summed E-state index contributed by atoms with van der Waals surface area (Å²) >= 11 is 1.50. The molecule has 1 unspecified atom stereocenters. The van der Waals surface area contributed by atoms with Crippen molar-refractivity contribution in [1.29, 1.82) is 5.26 Å². The second-order valence-corrected chi connectivity index (χ2v) is 7.12. The molecule has 1 heterocycles. The number of allylic oxidation sites excluding steroid dienone is 4. The molecule has 0 saturated carbocycles. The molecular formula is C20H20N2OS. The first kappa shape index (κ1) is 16.6. The van der Waals surface area contributed by atoms with Crippen molar-refractivity contribution in [3.05, 3.63) is 64.4 Å². The highest BCUT2D eigenvalue weighted by Crippen LogP contribution is 2.39. The highest BCUT2D eigenvalue weighted by molar-refractivity contribution is 8.00. The van der Waals surface area contributed by atoms with Gasteiger partial charge in [0.05, 0.1) is 17.4 Å². The van der Waals surface area contributed by atoms with Gasteiger partial charge in [0.15, 0.2) is 0 Å². The summed E-state index contributed by atoms with van der Waals surface area (Å²) in [7, 11) is 0. The molecule has 122 valence electrons. The first-order valence-corrected chi connectivity index (χ1v) is 9.21. The van der Waals surface area contributed by atoms with E-state index in [1.165, 1.54) is 23.0 Å². The molecule has 0 bridgehead atoms. The van der Waals surface area contributed by atoms with Crippen molar-refractivity contribution in [2.45, 2.75) is 31.6 Å². The molecule has 0 fully saturated rings. The van der Waals surface area contributed by atoms with E-state index in [4.69, 9.17) is 0 Å². The summed E-state index contributed by atoms with van der Waals surface area (Å²) in [4.78, 5) is 11.3. The van der Waals surface area contributed by atoms with Crippen LogP contribution in [0.4, 0.5) is 0 Å². The Kier molecular flexibility index (Phi) is 5.22. The fourth-order valence-electron chi connectivity index (χ4n) is 3.11. The number of nitriles is 1. The molecule has 0 amide bonds. The molecule has 1 atom stereocenters.